The zero-order valence-corrected chi connectivity index (χ0v) is 25.0. The molecule has 9 heteroatoms. The van der Waals surface area contributed by atoms with Crippen LogP contribution in [0.2, 0.25) is 0 Å². The first kappa shape index (κ1) is 29.8. The molecule has 0 saturated carbocycles. The summed E-state index contributed by atoms with van der Waals surface area (Å²) in [6, 6.07) is 10.4. The lowest BCUT2D eigenvalue weighted by atomic mass is 9.87. The molecule has 3 aromatic rings. The van der Waals surface area contributed by atoms with Gasteiger partial charge in [0.1, 0.15) is 17.3 Å². The first-order chi connectivity index (χ1) is 19.3. The minimum Gasteiger partial charge on any atom is -0.474 e. The van der Waals surface area contributed by atoms with Crippen LogP contribution < -0.4 is 10.2 Å². The van der Waals surface area contributed by atoms with Crippen molar-refractivity contribution in [1.82, 2.24) is 25.2 Å². The summed E-state index contributed by atoms with van der Waals surface area (Å²) >= 11 is 0. The molecule has 1 unspecified atom stereocenters. The average molecular weight is 559 g/mol. The second-order valence-corrected chi connectivity index (χ2v) is 12.5. The molecule has 0 radical (unpaired) electrons. The number of benzene rings is 1. The fraction of sp³-hybridized carbons (Fsp3) is 0.438. The van der Waals surface area contributed by atoms with Crippen LogP contribution in [0.4, 0.5) is 5.69 Å². The van der Waals surface area contributed by atoms with Gasteiger partial charge in [0.2, 0.25) is 5.91 Å². The lowest BCUT2D eigenvalue weighted by Gasteiger charge is -2.38. The van der Waals surface area contributed by atoms with Crippen LogP contribution in [0.1, 0.15) is 82.0 Å². The molecule has 0 spiro atoms. The number of likely N-dealkylation sites (tertiary alicyclic amines) is 1. The molecule has 4 rings (SSSR count). The number of H-pyrrole nitrogens is 1. The standard InChI is InChI=1S/C32H42N6O3/c1-22(41-32(5,6)7)37-17-14-25(15-18-37)36-29(39)28(23-9-8-16-33-19-23)38(30(40)27-20-34-21-35-27)26-12-10-24(11-13-26)31(2,3)4/h8-13,16,19-21,25,28H,1,14-15,17-18H2,2-7H3,(H,34,35)(H,36,39). The first-order valence-corrected chi connectivity index (χ1v) is 14.1. The van der Waals surface area contributed by atoms with Crippen LogP contribution in [0.15, 0.2) is 73.8 Å². The number of aromatic amines is 1. The summed E-state index contributed by atoms with van der Waals surface area (Å²) in [5.74, 6) is -0.0146. The van der Waals surface area contributed by atoms with Gasteiger partial charge in [-0.15, -0.1) is 0 Å². The van der Waals surface area contributed by atoms with E-state index in [4.69, 9.17) is 4.74 Å². The molecule has 0 aliphatic carbocycles. The highest BCUT2D eigenvalue weighted by atomic mass is 16.5. The third kappa shape index (κ3) is 7.54. The molecule has 1 saturated heterocycles. The van der Waals surface area contributed by atoms with E-state index in [0.29, 0.717) is 30.2 Å². The van der Waals surface area contributed by atoms with Crippen molar-refractivity contribution >= 4 is 17.5 Å². The monoisotopic (exact) mass is 558 g/mol. The molecule has 1 aliphatic heterocycles. The van der Waals surface area contributed by atoms with E-state index in [1.165, 1.54) is 11.2 Å². The van der Waals surface area contributed by atoms with Gasteiger partial charge in [0.25, 0.3) is 5.91 Å². The van der Waals surface area contributed by atoms with E-state index in [0.717, 1.165) is 18.4 Å². The summed E-state index contributed by atoms with van der Waals surface area (Å²) in [6.07, 6.45) is 7.74. The van der Waals surface area contributed by atoms with Gasteiger partial charge in [-0.05, 0) is 69.4 Å². The summed E-state index contributed by atoms with van der Waals surface area (Å²) in [7, 11) is 0. The number of ether oxygens (including phenoxy) is 1. The molecule has 0 bridgehead atoms. The van der Waals surface area contributed by atoms with Crippen molar-refractivity contribution < 1.29 is 14.3 Å². The predicted molar refractivity (Wildman–Crippen MR) is 160 cm³/mol. The van der Waals surface area contributed by atoms with Crippen molar-refractivity contribution in [1.29, 1.82) is 0 Å². The number of pyridine rings is 1. The van der Waals surface area contributed by atoms with Crippen LogP contribution in [0.5, 0.6) is 0 Å². The largest absolute Gasteiger partial charge is 0.474 e. The number of hydrogen-bond acceptors (Lipinski definition) is 6. The minimum absolute atomic E-state index is 0.0617. The zero-order chi connectivity index (χ0) is 29.8. The van der Waals surface area contributed by atoms with Crippen LogP contribution in [0.25, 0.3) is 0 Å². The summed E-state index contributed by atoms with van der Waals surface area (Å²) in [4.78, 5) is 43.0. The molecule has 2 aromatic heterocycles. The SMILES string of the molecule is C=C(OC(C)(C)C)N1CCC(NC(=O)C(c2cccnc2)N(C(=O)c2c[nH]cn2)c2ccc(C(C)(C)C)cc2)CC1. The van der Waals surface area contributed by atoms with Gasteiger partial charge in [-0.2, -0.15) is 0 Å². The van der Waals surface area contributed by atoms with E-state index in [-0.39, 0.29) is 34.6 Å². The van der Waals surface area contributed by atoms with E-state index < -0.39 is 6.04 Å². The maximum absolute atomic E-state index is 14.1. The van der Waals surface area contributed by atoms with Gasteiger partial charge < -0.3 is 19.9 Å². The molecule has 1 atom stereocenters. The number of amides is 2. The van der Waals surface area contributed by atoms with Gasteiger partial charge >= 0.3 is 0 Å². The van der Waals surface area contributed by atoms with Crippen LogP contribution >= 0.6 is 0 Å². The number of hydrogen-bond donors (Lipinski definition) is 2. The Hall–Kier alpha value is -4.14. The van der Waals surface area contributed by atoms with Crippen LogP contribution in [-0.2, 0) is 14.9 Å². The Balaban J connectivity index is 1.62. The summed E-state index contributed by atoms with van der Waals surface area (Å²) in [5, 5.41) is 3.23. The molecular formula is C32H42N6O3. The molecule has 1 aliphatic rings. The van der Waals surface area contributed by atoms with E-state index in [1.54, 1.807) is 24.7 Å². The van der Waals surface area contributed by atoms with E-state index in [2.05, 4.69) is 52.5 Å². The van der Waals surface area contributed by atoms with Crippen LogP contribution in [0.3, 0.4) is 0 Å². The number of carbonyl (C=O) groups excluding carboxylic acids is 2. The van der Waals surface area contributed by atoms with Crippen molar-refractivity contribution in [2.75, 3.05) is 18.0 Å². The molecule has 41 heavy (non-hydrogen) atoms. The predicted octanol–water partition coefficient (Wildman–Crippen LogP) is 5.36. The van der Waals surface area contributed by atoms with E-state index >= 15 is 0 Å². The van der Waals surface area contributed by atoms with Gasteiger partial charge in [-0.1, -0.05) is 39.0 Å². The van der Waals surface area contributed by atoms with Crippen molar-refractivity contribution in [3.8, 4) is 0 Å². The second kappa shape index (κ2) is 12.2. The van der Waals surface area contributed by atoms with Crippen LogP contribution in [-0.4, -0.2) is 56.4 Å². The highest BCUT2D eigenvalue weighted by molar-refractivity contribution is 6.09. The topological polar surface area (TPSA) is 103 Å². The number of carbonyl (C=O) groups is 2. The summed E-state index contributed by atoms with van der Waals surface area (Å²) < 4.78 is 5.95. The number of anilines is 1. The van der Waals surface area contributed by atoms with Gasteiger partial charge in [0, 0.05) is 49.0 Å². The Kier molecular flexibility index (Phi) is 8.85. The first-order valence-electron chi connectivity index (χ1n) is 14.1. The highest BCUT2D eigenvalue weighted by Crippen LogP contribution is 2.32. The Morgan fingerprint density at radius 3 is 2.32 bits per heavy atom. The molecule has 2 N–H and O–H groups in total. The molecule has 218 valence electrons. The lowest BCUT2D eigenvalue weighted by molar-refractivity contribution is -0.123. The van der Waals surface area contributed by atoms with Gasteiger partial charge in [0.05, 0.1) is 6.33 Å². The molecular weight excluding hydrogens is 516 g/mol. The van der Waals surface area contributed by atoms with Gasteiger partial charge in [-0.3, -0.25) is 19.5 Å². The number of nitrogens with one attached hydrogen (secondary N) is 2. The maximum atomic E-state index is 14.1. The Bertz CT molecular complexity index is 1320. The number of imidazole rings is 1. The zero-order valence-electron chi connectivity index (χ0n) is 25.0. The molecule has 1 fully saturated rings. The fourth-order valence-corrected chi connectivity index (χ4v) is 4.93. The van der Waals surface area contributed by atoms with E-state index in [1.807, 2.05) is 51.1 Å². The Labute approximate surface area is 243 Å². The van der Waals surface area contributed by atoms with Crippen molar-refractivity contribution in [2.45, 2.75) is 77.5 Å². The smallest absolute Gasteiger partial charge is 0.279 e. The maximum Gasteiger partial charge on any atom is 0.279 e. The van der Waals surface area contributed by atoms with Gasteiger partial charge in [0.15, 0.2) is 5.88 Å². The summed E-state index contributed by atoms with van der Waals surface area (Å²) in [5.41, 5.74) is 2.16. The number of rotatable bonds is 8. The lowest BCUT2D eigenvalue weighted by Crippen LogP contribution is -2.50. The Morgan fingerprint density at radius 2 is 1.78 bits per heavy atom. The Morgan fingerprint density at radius 1 is 1.10 bits per heavy atom. The normalized spacial score (nSPS) is 15.2. The van der Waals surface area contributed by atoms with Crippen molar-refractivity contribution in [3.63, 3.8) is 0 Å². The molecule has 2 amide bonds. The number of aromatic nitrogens is 3. The van der Waals surface area contributed by atoms with Crippen molar-refractivity contribution in [2.24, 2.45) is 0 Å². The molecule has 3 heterocycles. The second-order valence-electron chi connectivity index (χ2n) is 12.5. The van der Waals surface area contributed by atoms with E-state index in [9.17, 15) is 9.59 Å². The minimum atomic E-state index is -0.953. The van der Waals surface area contributed by atoms with Crippen molar-refractivity contribution in [3.05, 3.63) is 90.6 Å². The highest BCUT2D eigenvalue weighted by Gasteiger charge is 2.36. The molecule has 1 aromatic carbocycles. The van der Waals surface area contributed by atoms with Crippen LogP contribution in [0, 0.1) is 0 Å². The summed E-state index contributed by atoms with van der Waals surface area (Å²) in [6.45, 7) is 17.9. The molecule has 9 nitrogen and oxygen atoms in total. The third-order valence-corrected chi connectivity index (χ3v) is 7.07. The van der Waals surface area contributed by atoms with Gasteiger partial charge in [-0.25, -0.2) is 4.98 Å². The quantitative estimate of drug-likeness (QED) is 0.361. The number of piperidine rings is 1. The average Bonchev–Trinajstić information content (AvgIpc) is 3.46. The fourth-order valence-electron chi connectivity index (χ4n) is 4.93. The third-order valence-electron chi connectivity index (χ3n) is 7.07. The number of nitrogens with zero attached hydrogens (tertiary/aromatic N) is 4.